The van der Waals surface area contributed by atoms with Crippen LogP contribution in [0.25, 0.3) is 22.6 Å². The van der Waals surface area contributed by atoms with Gasteiger partial charge in [-0.15, -0.1) is 0 Å². The number of hydrogen-bond acceptors (Lipinski definition) is 11. The number of morpholine rings is 1. The van der Waals surface area contributed by atoms with Crippen LogP contribution in [0.15, 0.2) is 55.1 Å². The van der Waals surface area contributed by atoms with Gasteiger partial charge in [0, 0.05) is 55.2 Å². The molecule has 214 valence electrons. The fourth-order valence-electron chi connectivity index (χ4n) is 5.03. The standard InChI is InChI=1S/C28H32N8O5/c1-29-27(39)23-21(37)22(38)28(41-23)36-16-32-20-25(31-13-17-5-3-2-4-6-17)33-24(34-26(20)36)19-11-18(12-30-14-19)15-35-7-9-40-10-8-35/h2-6,11-12,14,16,21-23,28,37-38H,7-10,13,15H2,1H3,(H,29,39)(H,31,33,34)/t21-,22+,23-,28+/m0/s1/i1D3. The molecule has 41 heavy (non-hydrogen) atoms. The minimum absolute atomic E-state index is 0.261. The van der Waals surface area contributed by atoms with Crippen molar-refractivity contribution in [2.75, 3.05) is 38.6 Å². The van der Waals surface area contributed by atoms with Gasteiger partial charge in [-0.1, -0.05) is 30.3 Å². The average molecular weight is 564 g/mol. The lowest BCUT2D eigenvalue weighted by Gasteiger charge is -2.26. The Morgan fingerprint density at radius 3 is 2.76 bits per heavy atom. The fourth-order valence-corrected chi connectivity index (χ4v) is 5.03. The van der Waals surface area contributed by atoms with Crippen LogP contribution in [0.3, 0.4) is 0 Å². The summed E-state index contributed by atoms with van der Waals surface area (Å²) in [6.45, 7) is 1.32. The number of benzene rings is 1. The summed E-state index contributed by atoms with van der Waals surface area (Å²) in [4.78, 5) is 33.3. The van der Waals surface area contributed by atoms with E-state index in [9.17, 15) is 15.0 Å². The highest BCUT2D eigenvalue weighted by molar-refractivity contribution is 5.85. The number of rotatable bonds is 8. The van der Waals surface area contributed by atoms with Gasteiger partial charge >= 0.3 is 0 Å². The Bertz CT molecular complexity index is 1620. The summed E-state index contributed by atoms with van der Waals surface area (Å²) >= 11 is 0. The summed E-state index contributed by atoms with van der Waals surface area (Å²) in [5.74, 6) is -0.334. The second-order valence-electron chi connectivity index (χ2n) is 9.95. The van der Waals surface area contributed by atoms with Gasteiger partial charge in [-0.3, -0.25) is 19.2 Å². The highest BCUT2D eigenvalue weighted by Crippen LogP contribution is 2.33. The molecule has 2 fully saturated rings. The van der Waals surface area contributed by atoms with E-state index in [2.05, 4.69) is 20.2 Å². The monoisotopic (exact) mass is 563 g/mol. The largest absolute Gasteiger partial charge is 0.387 e. The van der Waals surface area contributed by atoms with E-state index >= 15 is 0 Å². The number of pyridine rings is 1. The Kier molecular flexibility index (Phi) is 6.84. The van der Waals surface area contributed by atoms with Crippen LogP contribution in [0.5, 0.6) is 0 Å². The summed E-state index contributed by atoms with van der Waals surface area (Å²) in [6.07, 6.45) is -1.38. The molecular weight excluding hydrogens is 528 g/mol. The highest BCUT2D eigenvalue weighted by Gasteiger charge is 2.47. The molecular formula is C28H32N8O5. The number of aromatic nitrogens is 5. The van der Waals surface area contributed by atoms with Crippen LogP contribution < -0.4 is 10.6 Å². The summed E-state index contributed by atoms with van der Waals surface area (Å²) in [5, 5.41) is 26.6. The first-order valence-electron chi connectivity index (χ1n) is 14.8. The minimum atomic E-state index is -2.79. The van der Waals surface area contributed by atoms with Crippen molar-refractivity contribution < 1.29 is 28.6 Å². The van der Waals surface area contributed by atoms with E-state index in [-0.39, 0.29) is 5.65 Å². The number of aliphatic hydroxyl groups excluding tert-OH is 2. The average Bonchev–Trinajstić information content (AvgIpc) is 3.56. The molecule has 2 aliphatic rings. The first-order chi connectivity index (χ1) is 21.2. The second kappa shape index (κ2) is 11.8. The molecule has 13 heteroatoms. The van der Waals surface area contributed by atoms with Gasteiger partial charge in [-0.25, -0.2) is 15.0 Å². The number of nitrogens with one attached hydrogen (secondary N) is 2. The molecule has 2 aliphatic heterocycles. The maximum atomic E-state index is 12.5. The summed E-state index contributed by atoms with van der Waals surface area (Å²) in [6, 6.07) is 11.7. The molecule has 4 atom stereocenters. The van der Waals surface area contributed by atoms with Gasteiger partial charge < -0.3 is 30.3 Å². The lowest BCUT2D eigenvalue weighted by atomic mass is 10.1. The van der Waals surface area contributed by atoms with Crippen molar-refractivity contribution in [3.63, 3.8) is 0 Å². The molecule has 0 spiro atoms. The number of ether oxygens (including phenoxy) is 2. The molecule has 4 N–H and O–H groups in total. The maximum Gasteiger partial charge on any atom is 0.251 e. The number of anilines is 1. The van der Waals surface area contributed by atoms with Crippen LogP contribution in [-0.2, 0) is 27.4 Å². The number of carbonyl (C=O) groups is 1. The molecule has 0 radical (unpaired) electrons. The quantitative estimate of drug-likeness (QED) is 0.239. The van der Waals surface area contributed by atoms with E-state index in [1.165, 1.54) is 10.9 Å². The molecule has 5 heterocycles. The van der Waals surface area contributed by atoms with Gasteiger partial charge in [0.25, 0.3) is 5.91 Å². The summed E-state index contributed by atoms with van der Waals surface area (Å²) < 4.78 is 34.5. The van der Waals surface area contributed by atoms with Crippen molar-refractivity contribution in [1.29, 1.82) is 0 Å². The van der Waals surface area contributed by atoms with Gasteiger partial charge in [0.1, 0.15) is 12.2 Å². The third kappa shape index (κ3) is 5.62. The van der Waals surface area contributed by atoms with E-state index in [0.29, 0.717) is 49.0 Å². The molecule has 0 bridgehead atoms. The van der Waals surface area contributed by atoms with Crippen LogP contribution in [0.2, 0.25) is 0 Å². The number of amides is 1. The Labute approximate surface area is 240 Å². The fraction of sp³-hybridized carbons (Fsp3) is 0.393. The number of nitrogens with zero attached hydrogens (tertiary/aromatic N) is 6. The van der Waals surface area contributed by atoms with Crippen molar-refractivity contribution in [1.82, 2.24) is 34.7 Å². The summed E-state index contributed by atoms with van der Waals surface area (Å²) in [5.41, 5.74) is 3.26. The predicted molar refractivity (Wildman–Crippen MR) is 148 cm³/mol. The van der Waals surface area contributed by atoms with Crippen LogP contribution in [0, 0.1) is 0 Å². The Morgan fingerprint density at radius 2 is 1.95 bits per heavy atom. The Morgan fingerprint density at radius 1 is 1.12 bits per heavy atom. The van der Waals surface area contributed by atoms with Gasteiger partial charge in [0.05, 0.1) is 19.5 Å². The van der Waals surface area contributed by atoms with E-state index in [0.717, 1.165) is 24.2 Å². The molecule has 13 nitrogen and oxygen atoms in total. The van der Waals surface area contributed by atoms with Gasteiger partial charge in [0.15, 0.2) is 35.1 Å². The number of imidazole rings is 1. The molecule has 1 aromatic carbocycles. The molecule has 0 unspecified atom stereocenters. The SMILES string of the molecule is [2H]C([2H])([2H])NC(=O)[C@H]1O[C@@H](n2cnc3c(NCc4ccccc4)nc(-c4cncc(CN5CCOCC5)c4)nc32)[C@H](O)[C@@H]1O. The van der Waals surface area contributed by atoms with Gasteiger partial charge in [0.2, 0.25) is 0 Å². The lowest BCUT2D eigenvalue weighted by molar-refractivity contribution is -0.137. The van der Waals surface area contributed by atoms with Crippen LogP contribution in [0.4, 0.5) is 5.82 Å². The zero-order valence-electron chi connectivity index (χ0n) is 25.1. The Balaban J connectivity index is 1.36. The molecule has 3 aromatic heterocycles. The van der Waals surface area contributed by atoms with Crippen LogP contribution >= 0.6 is 0 Å². The van der Waals surface area contributed by atoms with E-state index < -0.39 is 37.4 Å². The van der Waals surface area contributed by atoms with Crippen LogP contribution in [0.1, 0.15) is 21.5 Å². The van der Waals surface area contributed by atoms with Crippen LogP contribution in [-0.4, -0.2) is 97.1 Å². The zero-order valence-corrected chi connectivity index (χ0v) is 22.1. The van der Waals surface area contributed by atoms with E-state index in [1.807, 2.05) is 41.7 Å². The zero-order chi connectivity index (χ0) is 30.8. The third-order valence-corrected chi connectivity index (χ3v) is 7.18. The normalized spacial score (nSPS) is 24.5. The Hall–Kier alpha value is -4.01. The molecule has 0 aliphatic carbocycles. The molecule has 6 rings (SSSR count). The number of likely N-dealkylation sites (N-methyl/N-ethyl adjacent to an activating group) is 1. The topological polar surface area (TPSA) is 160 Å². The van der Waals surface area contributed by atoms with E-state index in [1.54, 1.807) is 12.4 Å². The van der Waals surface area contributed by atoms with E-state index in [4.69, 9.17) is 23.6 Å². The van der Waals surface area contributed by atoms with Crippen molar-refractivity contribution in [3.8, 4) is 11.4 Å². The maximum absolute atomic E-state index is 12.5. The molecule has 4 aromatic rings. The van der Waals surface area contributed by atoms with Crippen molar-refractivity contribution in [3.05, 3.63) is 66.2 Å². The first-order valence-corrected chi connectivity index (χ1v) is 13.3. The molecule has 1 amide bonds. The molecule has 2 saturated heterocycles. The van der Waals surface area contributed by atoms with Gasteiger partial charge in [-0.2, -0.15) is 0 Å². The lowest BCUT2D eigenvalue weighted by Crippen LogP contribution is -2.41. The number of aliphatic hydroxyl groups is 2. The summed E-state index contributed by atoms with van der Waals surface area (Å²) in [7, 11) is 0. The number of carbonyl (C=O) groups excluding carboxylic acids is 1. The second-order valence-corrected chi connectivity index (χ2v) is 9.95. The van der Waals surface area contributed by atoms with Crippen molar-refractivity contribution in [2.45, 2.75) is 37.6 Å². The first kappa shape index (κ1) is 23.7. The number of hydrogen-bond donors (Lipinski definition) is 4. The van der Waals surface area contributed by atoms with Gasteiger partial charge in [-0.05, 0) is 17.2 Å². The molecule has 0 saturated carbocycles. The smallest absolute Gasteiger partial charge is 0.251 e. The van der Waals surface area contributed by atoms with Crippen molar-refractivity contribution in [2.24, 2.45) is 0 Å². The predicted octanol–water partition coefficient (Wildman–Crippen LogP) is 0.698. The number of fused-ring (bicyclic) bond motifs is 1. The van der Waals surface area contributed by atoms with Crippen molar-refractivity contribution >= 4 is 22.9 Å². The highest BCUT2D eigenvalue weighted by atomic mass is 16.6. The minimum Gasteiger partial charge on any atom is -0.387 e. The third-order valence-electron chi connectivity index (χ3n) is 7.18.